The number of methoxy groups -OCH3 is 1. The molecule has 0 unspecified atom stereocenters. The van der Waals surface area contributed by atoms with E-state index in [9.17, 15) is 24.5 Å². The molecule has 0 atom stereocenters. The van der Waals surface area contributed by atoms with E-state index in [1.165, 1.54) is 31.4 Å². The first-order chi connectivity index (χ1) is 16.8. The normalized spacial score (nSPS) is 14.5. The minimum absolute atomic E-state index is 0.107. The largest absolute Gasteiger partial charge is 0.496 e. The summed E-state index contributed by atoms with van der Waals surface area (Å²) in [6.45, 7) is 1.42. The van der Waals surface area contributed by atoms with Crippen LogP contribution in [0.5, 0.6) is 5.75 Å². The lowest BCUT2D eigenvalue weighted by Crippen LogP contribution is -2.36. The molecule has 1 fully saturated rings. The van der Waals surface area contributed by atoms with Gasteiger partial charge in [0.15, 0.2) is 0 Å². The molecule has 1 saturated heterocycles. The molecule has 1 aromatic heterocycles. The van der Waals surface area contributed by atoms with Crippen molar-refractivity contribution in [2.24, 2.45) is 0 Å². The third-order valence-corrected chi connectivity index (χ3v) is 6.06. The number of imide groups is 1. The first-order valence-electron chi connectivity index (χ1n) is 10.3. The molecule has 1 aliphatic rings. The van der Waals surface area contributed by atoms with E-state index in [1.54, 1.807) is 24.3 Å². The Kier molecular flexibility index (Phi) is 6.69. The van der Waals surface area contributed by atoms with Crippen LogP contribution in [0.25, 0.3) is 17.4 Å². The van der Waals surface area contributed by atoms with E-state index in [1.807, 2.05) is 19.1 Å². The highest BCUT2D eigenvalue weighted by Crippen LogP contribution is 2.36. The van der Waals surface area contributed by atoms with Crippen molar-refractivity contribution in [3.8, 4) is 17.1 Å². The van der Waals surface area contributed by atoms with Crippen LogP contribution in [0, 0.1) is 17.0 Å². The molecule has 4 rings (SSSR count). The van der Waals surface area contributed by atoms with Gasteiger partial charge in [0.2, 0.25) is 5.91 Å². The van der Waals surface area contributed by atoms with Gasteiger partial charge in [0.05, 0.1) is 28.6 Å². The van der Waals surface area contributed by atoms with Gasteiger partial charge in [-0.3, -0.25) is 29.4 Å². The lowest BCUT2D eigenvalue weighted by molar-refractivity contribution is -0.384. The van der Waals surface area contributed by atoms with Crippen molar-refractivity contribution in [2.75, 3.05) is 19.0 Å². The maximum absolute atomic E-state index is 12.8. The number of nitro groups is 1. The second kappa shape index (κ2) is 9.85. The van der Waals surface area contributed by atoms with Gasteiger partial charge in [0, 0.05) is 17.8 Å². The summed E-state index contributed by atoms with van der Waals surface area (Å²) < 4.78 is 11.0. The van der Waals surface area contributed by atoms with Crippen molar-refractivity contribution in [1.29, 1.82) is 0 Å². The fourth-order valence-electron chi connectivity index (χ4n) is 3.38. The number of amides is 3. The second-order valence-corrected chi connectivity index (χ2v) is 8.47. The third-order valence-electron chi connectivity index (χ3n) is 5.16. The Morgan fingerprint density at radius 3 is 2.69 bits per heavy atom. The van der Waals surface area contributed by atoms with Crippen molar-refractivity contribution in [3.63, 3.8) is 0 Å². The van der Waals surface area contributed by atoms with Gasteiger partial charge in [-0.2, -0.15) is 0 Å². The van der Waals surface area contributed by atoms with Crippen LogP contribution in [0.1, 0.15) is 11.3 Å². The van der Waals surface area contributed by atoms with Crippen molar-refractivity contribution in [3.05, 3.63) is 80.9 Å². The van der Waals surface area contributed by atoms with Crippen molar-refractivity contribution in [2.45, 2.75) is 6.92 Å². The monoisotopic (exact) mass is 493 g/mol. The number of nitrogens with one attached hydrogen (secondary N) is 1. The smallest absolute Gasteiger partial charge is 0.294 e. The van der Waals surface area contributed by atoms with E-state index in [2.05, 4.69) is 5.32 Å². The van der Waals surface area contributed by atoms with Gasteiger partial charge >= 0.3 is 0 Å². The molecule has 178 valence electrons. The molecule has 2 aromatic carbocycles. The summed E-state index contributed by atoms with van der Waals surface area (Å²) in [5.41, 5.74) is 1.81. The molecule has 0 radical (unpaired) electrons. The Morgan fingerprint density at radius 2 is 1.97 bits per heavy atom. The number of hydrogen-bond acceptors (Lipinski definition) is 8. The number of rotatable bonds is 7. The highest BCUT2D eigenvalue weighted by Gasteiger charge is 2.36. The molecule has 3 amide bonds. The van der Waals surface area contributed by atoms with Crippen LogP contribution in [-0.2, 0) is 9.59 Å². The summed E-state index contributed by atoms with van der Waals surface area (Å²) >= 11 is 0.705. The van der Waals surface area contributed by atoms with Gasteiger partial charge in [0.25, 0.3) is 16.8 Å². The first-order valence-corrected chi connectivity index (χ1v) is 11.1. The molecule has 35 heavy (non-hydrogen) atoms. The molecule has 10 nitrogen and oxygen atoms in total. The number of carbonyl (C=O) groups excluding carboxylic acids is 3. The lowest BCUT2D eigenvalue weighted by Gasteiger charge is -2.13. The Hall–Kier alpha value is -4.38. The van der Waals surface area contributed by atoms with E-state index in [-0.39, 0.29) is 22.1 Å². The molecular formula is C24H19N3O7S. The summed E-state index contributed by atoms with van der Waals surface area (Å²) in [5.74, 6) is -0.200. The van der Waals surface area contributed by atoms with Crippen LogP contribution >= 0.6 is 11.8 Å². The Morgan fingerprint density at radius 1 is 1.20 bits per heavy atom. The molecule has 11 heteroatoms. The average molecular weight is 493 g/mol. The number of hydrogen-bond donors (Lipinski definition) is 1. The predicted octanol–water partition coefficient (Wildman–Crippen LogP) is 4.85. The van der Waals surface area contributed by atoms with Crippen molar-refractivity contribution in [1.82, 2.24) is 4.90 Å². The minimum atomic E-state index is -0.606. The van der Waals surface area contributed by atoms with Crippen molar-refractivity contribution >= 4 is 46.3 Å². The van der Waals surface area contributed by atoms with Gasteiger partial charge in [-0.25, -0.2) is 0 Å². The molecule has 1 N–H and O–H groups in total. The van der Waals surface area contributed by atoms with Crippen LogP contribution in [0.2, 0.25) is 0 Å². The quantitative estimate of drug-likeness (QED) is 0.281. The number of carbonyl (C=O) groups is 3. The van der Waals surface area contributed by atoms with Crippen LogP contribution in [0.4, 0.5) is 16.2 Å². The Bertz CT molecular complexity index is 1380. The van der Waals surface area contributed by atoms with Crippen LogP contribution < -0.4 is 10.1 Å². The summed E-state index contributed by atoms with van der Waals surface area (Å²) in [7, 11) is 1.39. The maximum Gasteiger partial charge on any atom is 0.294 e. The number of para-hydroxylation sites is 1. The number of non-ortho nitro benzene ring substituents is 1. The molecule has 0 spiro atoms. The number of anilines is 1. The number of nitro benzene ring substituents is 1. The predicted molar refractivity (Wildman–Crippen MR) is 130 cm³/mol. The second-order valence-electron chi connectivity index (χ2n) is 7.47. The highest BCUT2D eigenvalue weighted by molar-refractivity contribution is 8.18. The SMILES string of the molecule is COc1cc([N+](=O)[O-])ccc1-c1ccc(/C=C2/SC(=O)N(CC(=O)Nc3ccccc3C)C2=O)o1. The number of aryl methyl sites for hydroxylation is 1. The fraction of sp³-hybridized carbons (Fsp3) is 0.125. The van der Waals surface area contributed by atoms with Crippen LogP contribution in [0.3, 0.4) is 0 Å². The molecule has 3 aromatic rings. The van der Waals surface area contributed by atoms with Crippen LogP contribution in [0.15, 0.2) is 63.9 Å². The zero-order valence-electron chi connectivity index (χ0n) is 18.6. The fourth-order valence-corrected chi connectivity index (χ4v) is 4.20. The van der Waals surface area contributed by atoms with E-state index >= 15 is 0 Å². The van der Waals surface area contributed by atoms with Gasteiger partial charge in [-0.05, 0) is 48.5 Å². The minimum Gasteiger partial charge on any atom is -0.496 e. The average Bonchev–Trinajstić information content (AvgIpc) is 3.40. The first kappa shape index (κ1) is 23.8. The summed E-state index contributed by atoms with van der Waals surface area (Å²) in [4.78, 5) is 49.0. The molecule has 0 bridgehead atoms. The highest BCUT2D eigenvalue weighted by atomic mass is 32.2. The van der Waals surface area contributed by atoms with E-state index < -0.39 is 28.5 Å². The topological polar surface area (TPSA) is 132 Å². The lowest BCUT2D eigenvalue weighted by atomic mass is 10.1. The zero-order valence-corrected chi connectivity index (χ0v) is 19.5. The molecular weight excluding hydrogens is 474 g/mol. The molecule has 0 aliphatic carbocycles. The number of furan rings is 1. The van der Waals surface area contributed by atoms with Gasteiger partial charge in [-0.1, -0.05) is 18.2 Å². The number of nitrogens with zero attached hydrogens (tertiary/aromatic N) is 2. The molecule has 1 aliphatic heterocycles. The van der Waals surface area contributed by atoms with E-state index in [0.29, 0.717) is 28.8 Å². The number of ether oxygens (including phenoxy) is 1. The van der Waals surface area contributed by atoms with E-state index in [4.69, 9.17) is 9.15 Å². The summed E-state index contributed by atoms with van der Waals surface area (Å²) in [5, 5.41) is 13.1. The molecule has 0 saturated carbocycles. The standard InChI is InChI=1S/C24H19N3O7S/c1-14-5-3-4-6-18(14)25-22(28)13-26-23(29)21(35-24(26)30)12-16-8-10-19(34-16)17-9-7-15(27(31)32)11-20(17)33-2/h3-12H,13H2,1-2H3,(H,25,28)/b21-12+. The number of thioether (sulfide) groups is 1. The van der Waals surface area contributed by atoms with Crippen molar-refractivity contribution < 1.29 is 28.5 Å². The van der Waals surface area contributed by atoms with Gasteiger partial charge < -0.3 is 14.5 Å². The van der Waals surface area contributed by atoms with Gasteiger partial charge in [-0.15, -0.1) is 0 Å². The Labute approximate surface area is 203 Å². The maximum atomic E-state index is 12.8. The van der Waals surface area contributed by atoms with E-state index in [0.717, 1.165) is 10.5 Å². The van der Waals surface area contributed by atoms with Gasteiger partial charge in [0.1, 0.15) is 23.8 Å². The third kappa shape index (κ3) is 5.09. The zero-order chi connectivity index (χ0) is 25.1. The number of benzene rings is 2. The molecule has 2 heterocycles. The summed E-state index contributed by atoms with van der Waals surface area (Å²) in [6.07, 6.45) is 1.41. The summed E-state index contributed by atoms with van der Waals surface area (Å²) in [6, 6.07) is 14.5. The Balaban J connectivity index is 1.49. The van der Waals surface area contributed by atoms with Crippen LogP contribution in [-0.4, -0.2) is 40.5 Å².